The molecular weight excluding hydrogens is 348 g/mol. The molecule has 146 valence electrons. The molecule has 3 rings (SSSR count). The van der Waals surface area contributed by atoms with Gasteiger partial charge in [-0.1, -0.05) is 0 Å². The fraction of sp³-hybridized carbons (Fsp3) is 0.526. The van der Waals surface area contributed by atoms with E-state index in [0.29, 0.717) is 42.8 Å². The SMILES string of the molecule is CC(C)(C)OC(=O)N1CCC2(CC1)CC(=O)c1cc(/C(N)=N/N)ccc1O2. The van der Waals surface area contributed by atoms with Gasteiger partial charge in [-0.15, -0.1) is 0 Å². The van der Waals surface area contributed by atoms with Crippen molar-refractivity contribution in [3.8, 4) is 5.75 Å². The molecule has 0 radical (unpaired) electrons. The molecule has 0 saturated carbocycles. The van der Waals surface area contributed by atoms with E-state index in [9.17, 15) is 9.59 Å². The highest BCUT2D eigenvalue weighted by Gasteiger charge is 2.44. The number of hydrogen-bond donors (Lipinski definition) is 2. The lowest BCUT2D eigenvalue weighted by molar-refractivity contribution is -0.0226. The number of hydrazone groups is 1. The van der Waals surface area contributed by atoms with Crippen molar-refractivity contribution in [1.29, 1.82) is 0 Å². The molecule has 0 bridgehead atoms. The van der Waals surface area contributed by atoms with E-state index in [1.807, 2.05) is 20.8 Å². The molecule has 8 nitrogen and oxygen atoms in total. The third kappa shape index (κ3) is 3.99. The zero-order valence-electron chi connectivity index (χ0n) is 15.9. The maximum atomic E-state index is 12.7. The number of Topliss-reactive ketones (excluding diaryl/α,β-unsaturated/α-hetero) is 1. The zero-order chi connectivity index (χ0) is 19.8. The Labute approximate surface area is 158 Å². The van der Waals surface area contributed by atoms with Gasteiger partial charge in [-0.25, -0.2) is 4.79 Å². The van der Waals surface area contributed by atoms with Crippen molar-refractivity contribution in [2.45, 2.75) is 51.2 Å². The predicted octanol–water partition coefficient (Wildman–Crippen LogP) is 2.00. The van der Waals surface area contributed by atoms with Gasteiger partial charge in [0.2, 0.25) is 0 Å². The molecule has 0 aromatic heterocycles. The van der Waals surface area contributed by atoms with Crippen molar-refractivity contribution in [3.05, 3.63) is 29.3 Å². The minimum atomic E-state index is -0.586. The van der Waals surface area contributed by atoms with Gasteiger partial charge in [0, 0.05) is 31.5 Å². The minimum Gasteiger partial charge on any atom is -0.486 e. The first-order valence-corrected chi connectivity index (χ1v) is 9.00. The number of carbonyl (C=O) groups is 2. The smallest absolute Gasteiger partial charge is 0.410 e. The van der Waals surface area contributed by atoms with Crippen LogP contribution in [0.15, 0.2) is 23.3 Å². The number of amidine groups is 1. The molecule has 1 spiro atoms. The fourth-order valence-corrected chi connectivity index (χ4v) is 3.43. The molecule has 2 aliphatic rings. The lowest BCUT2D eigenvalue weighted by Crippen LogP contribution is -2.53. The highest BCUT2D eigenvalue weighted by molar-refractivity contribution is 6.04. The monoisotopic (exact) mass is 374 g/mol. The molecule has 4 N–H and O–H groups in total. The van der Waals surface area contributed by atoms with Crippen molar-refractivity contribution in [2.75, 3.05) is 13.1 Å². The van der Waals surface area contributed by atoms with E-state index in [0.717, 1.165) is 0 Å². The van der Waals surface area contributed by atoms with Gasteiger partial charge < -0.3 is 25.9 Å². The molecule has 1 amide bonds. The number of benzene rings is 1. The molecule has 0 aliphatic carbocycles. The largest absolute Gasteiger partial charge is 0.486 e. The molecule has 1 saturated heterocycles. The number of likely N-dealkylation sites (tertiary alicyclic amines) is 1. The lowest BCUT2D eigenvalue weighted by Gasteiger charge is -2.44. The molecule has 8 heteroatoms. The third-order valence-corrected chi connectivity index (χ3v) is 4.85. The molecule has 2 heterocycles. The van der Waals surface area contributed by atoms with E-state index in [2.05, 4.69) is 5.10 Å². The lowest BCUT2D eigenvalue weighted by atomic mass is 9.82. The van der Waals surface area contributed by atoms with E-state index in [1.54, 1.807) is 23.1 Å². The summed E-state index contributed by atoms with van der Waals surface area (Å²) in [5, 5.41) is 3.46. The molecule has 0 unspecified atom stereocenters. The van der Waals surface area contributed by atoms with Crippen LogP contribution in [0.4, 0.5) is 4.79 Å². The van der Waals surface area contributed by atoms with E-state index in [4.69, 9.17) is 21.1 Å². The normalized spacial score (nSPS) is 19.4. The van der Waals surface area contributed by atoms with Crippen molar-refractivity contribution in [2.24, 2.45) is 16.7 Å². The second kappa shape index (κ2) is 6.75. The number of hydrogen-bond acceptors (Lipinski definition) is 6. The Bertz CT molecular complexity index is 789. The summed E-state index contributed by atoms with van der Waals surface area (Å²) >= 11 is 0. The summed E-state index contributed by atoms with van der Waals surface area (Å²) in [6, 6.07) is 5.11. The van der Waals surface area contributed by atoms with Crippen LogP contribution in [0.1, 0.15) is 56.0 Å². The molecular formula is C19H26N4O4. The molecule has 1 aromatic carbocycles. The number of ether oxygens (including phenoxy) is 2. The Morgan fingerprint density at radius 2 is 1.96 bits per heavy atom. The topological polar surface area (TPSA) is 120 Å². The highest BCUT2D eigenvalue weighted by Crippen LogP contribution is 2.39. The maximum Gasteiger partial charge on any atom is 0.410 e. The first-order chi connectivity index (χ1) is 12.6. The standard InChI is InChI=1S/C19H26N4O4/c1-18(2,3)27-17(25)23-8-6-19(7-9-23)11-14(24)13-10-12(16(20)22-21)4-5-15(13)26-19/h4-5,10H,6-9,11,21H2,1-3H3,(H2,20,22). The van der Waals surface area contributed by atoms with Crippen LogP contribution >= 0.6 is 0 Å². The second-order valence-electron chi connectivity index (χ2n) is 8.08. The zero-order valence-corrected chi connectivity index (χ0v) is 15.9. The van der Waals surface area contributed by atoms with Gasteiger partial charge in [-0.2, -0.15) is 5.10 Å². The number of amides is 1. The van der Waals surface area contributed by atoms with E-state index in [1.165, 1.54) is 0 Å². The molecule has 0 atom stereocenters. The number of nitrogens with two attached hydrogens (primary N) is 2. The highest BCUT2D eigenvalue weighted by atomic mass is 16.6. The summed E-state index contributed by atoms with van der Waals surface area (Å²) in [5.41, 5.74) is 5.67. The van der Waals surface area contributed by atoms with Crippen molar-refractivity contribution < 1.29 is 19.1 Å². The van der Waals surface area contributed by atoms with E-state index < -0.39 is 11.2 Å². The number of nitrogens with zero attached hydrogens (tertiary/aromatic N) is 2. The van der Waals surface area contributed by atoms with Crippen LogP contribution in [0.25, 0.3) is 0 Å². The summed E-state index contributed by atoms with van der Waals surface area (Å²) < 4.78 is 11.6. The van der Waals surface area contributed by atoms with Crippen LogP contribution in [0.3, 0.4) is 0 Å². The summed E-state index contributed by atoms with van der Waals surface area (Å²) in [7, 11) is 0. The summed E-state index contributed by atoms with van der Waals surface area (Å²) in [4.78, 5) is 26.6. The number of piperidine rings is 1. The summed E-state index contributed by atoms with van der Waals surface area (Å²) in [6.45, 7) is 6.50. The number of carbonyl (C=O) groups excluding carboxylic acids is 2. The molecule has 1 fully saturated rings. The van der Waals surface area contributed by atoms with E-state index >= 15 is 0 Å². The van der Waals surface area contributed by atoms with Crippen molar-refractivity contribution in [1.82, 2.24) is 4.90 Å². The van der Waals surface area contributed by atoms with Crippen LogP contribution in [-0.2, 0) is 4.74 Å². The summed E-state index contributed by atoms with van der Waals surface area (Å²) in [5.74, 6) is 5.90. The first kappa shape index (κ1) is 19.0. The Morgan fingerprint density at radius 1 is 1.30 bits per heavy atom. The predicted molar refractivity (Wildman–Crippen MR) is 101 cm³/mol. The van der Waals surface area contributed by atoms with Gasteiger partial charge in [-0.3, -0.25) is 4.79 Å². The van der Waals surface area contributed by atoms with Crippen LogP contribution in [-0.4, -0.2) is 46.9 Å². The van der Waals surface area contributed by atoms with Gasteiger partial charge in [0.25, 0.3) is 0 Å². The number of ketones is 1. The molecule has 2 aliphatic heterocycles. The van der Waals surface area contributed by atoms with Gasteiger partial charge in [0.15, 0.2) is 5.78 Å². The average molecular weight is 374 g/mol. The van der Waals surface area contributed by atoms with Crippen molar-refractivity contribution in [3.63, 3.8) is 0 Å². The minimum absolute atomic E-state index is 0.00589. The van der Waals surface area contributed by atoms with Crippen LogP contribution < -0.4 is 16.3 Å². The van der Waals surface area contributed by atoms with Crippen LogP contribution in [0, 0.1) is 0 Å². The van der Waals surface area contributed by atoms with E-state index in [-0.39, 0.29) is 24.1 Å². The van der Waals surface area contributed by atoms with Gasteiger partial charge in [-0.05, 0) is 39.0 Å². The Hall–Kier alpha value is -2.77. The third-order valence-electron chi connectivity index (χ3n) is 4.85. The number of rotatable bonds is 1. The van der Waals surface area contributed by atoms with Crippen LogP contribution in [0.5, 0.6) is 5.75 Å². The first-order valence-electron chi connectivity index (χ1n) is 9.00. The van der Waals surface area contributed by atoms with Gasteiger partial charge >= 0.3 is 6.09 Å². The van der Waals surface area contributed by atoms with Crippen molar-refractivity contribution >= 4 is 17.7 Å². The average Bonchev–Trinajstić information content (AvgIpc) is 2.60. The summed E-state index contributed by atoms with van der Waals surface area (Å²) in [6.07, 6.45) is 1.09. The quantitative estimate of drug-likeness (QED) is 0.336. The van der Waals surface area contributed by atoms with Crippen LogP contribution in [0.2, 0.25) is 0 Å². The Balaban J connectivity index is 1.72. The molecule has 27 heavy (non-hydrogen) atoms. The Morgan fingerprint density at radius 3 is 2.56 bits per heavy atom. The fourth-order valence-electron chi connectivity index (χ4n) is 3.43. The Kier molecular flexibility index (Phi) is 4.75. The number of fused-ring (bicyclic) bond motifs is 1. The molecule has 1 aromatic rings. The van der Waals surface area contributed by atoms with Gasteiger partial charge in [0.05, 0.1) is 12.0 Å². The maximum absolute atomic E-state index is 12.7. The second-order valence-corrected chi connectivity index (χ2v) is 8.08. The van der Waals surface area contributed by atoms with Gasteiger partial charge in [0.1, 0.15) is 22.8 Å².